The predicted octanol–water partition coefficient (Wildman–Crippen LogP) is 2.54. The van der Waals surface area contributed by atoms with Crippen LogP contribution in [0.1, 0.15) is 12.5 Å². The number of carbonyl (C=O) groups is 1. The number of hydrogen-bond acceptors (Lipinski definition) is 6. The average Bonchev–Trinajstić information content (AvgIpc) is 2.61. The fourth-order valence-electron chi connectivity index (χ4n) is 2.41. The Kier molecular flexibility index (Phi) is 6.57. The maximum absolute atomic E-state index is 11.6. The molecule has 0 aliphatic carbocycles. The molecule has 0 bridgehead atoms. The van der Waals surface area contributed by atoms with Crippen LogP contribution in [0.25, 0.3) is 0 Å². The summed E-state index contributed by atoms with van der Waals surface area (Å²) in [5.74, 6) is 0.832. The highest BCUT2D eigenvalue weighted by molar-refractivity contribution is 5.96. The van der Waals surface area contributed by atoms with Crippen LogP contribution in [0.5, 0.6) is 0 Å². The lowest BCUT2D eigenvalue weighted by Gasteiger charge is -2.29. The number of morpholine rings is 1. The summed E-state index contributed by atoms with van der Waals surface area (Å²) in [6, 6.07) is 3.77. The summed E-state index contributed by atoms with van der Waals surface area (Å²) in [5, 5.41) is 9.28. The lowest BCUT2D eigenvalue weighted by atomic mass is 10.1. The lowest BCUT2D eigenvalue weighted by Crippen LogP contribution is -2.37. The number of ether oxygens (including phenoxy) is 2. The maximum Gasteiger partial charge on any atom is 0.166 e. The second-order valence-electron chi connectivity index (χ2n) is 5.24. The first-order valence-corrected chi connectivity index (χ1v) is 7.75. The number of aliphatic hydroxyl groups excluding tert-OH is 1. The Hall–Kier alpha value is -2.60. The molecule has 1 aliphatic heterocycles. The molecule has 1 N–H and O–H groups in total. The highest BCUT2D eigenvalue weighted by atomic mass is 16.5. The molecule has 0 unspecified atom stereocenters. The molecule has 0 amide bonds. The van der Waals surface area contributed by atoms with Gasteiger partial charge in [-0.3, -0.25) is 4.79 Å². The van der Waals surface area contributed by atoms with E-state index in [-0.39, 0.29) is 23.7 Å². The first kappa shape index (κ1) is 17.7. The molecule has 1 fully saturated rings. The van der Waals surface area contributed by atoms with Crippen molar-refractivity contribution in [3.8, 4) is 0 Å². The summed E-state index contributed by atoms with van der Waals surface area (Å²) in [6.07, 6.45) is 5.55. The number of anilines is 1. The van der Waals surface area contributed by atoms with Gasteiger partial charge in [0.15, 0.2) is 5.78 Å². The van der Waals surface area contributed by atoms with Crippen LogP contribution >= 0.6 is 0 Å². The van der Waals surface area contributed by atoms with Crippen molar-refractivity contribution in [3.05, 3.63) is 60.2 Å². The molecular weight excluding hydrogens is 308 g/mol. The van der Waals surface area contributed by atoms with E-state index in [0.29, 0.717) is 13.2 Å². The standard InChI is InChI=1S/C18H22N2O4/c1-3-5-17(16(12-21)14(2)22)24-13-15-6-4-7-19-18(15)20-8-10-23-11-9-20/h3-7,12,21H,1,8-11,13H2,2H3/b16-12?,17-5+. The first-order valence-electron chi connectivity index (χ1n) is 7.75. The smallest absolute Gasteiger partial charge is 0.166 e. The van der Waals surface area contributed by atoms with Gasteiger partial charge in [0.1, 0.15) is 18.2 Å². The Balaban J connectivity index is 2.17. The summed E-state index contributed by atoms with van der Waals surface area (Å²) >= 11 is 0. The monoisotopic (exact) mass is 330 g/mol. The third-order valence-corrected chi connectivity index (χ3v) is 3.60. The van der Waals surface area contributed by atoms with Gasteiger partial charge < -0.3 is 19.5 Å². The number of nitrogens with zero attached hydrogens (tertiary/aromatic N) is 2. The van der Waals surface area contributed by atoms with Gasteiger partial charge in [-0.05, 0) is 19.1 Å². The third kappa shape index (κ3) is 4.45. The highest BCUT2D eigenvalue weighted by Crippen LogP contribution is 2.22. The van der Waals surface area contributed by atoms with Crippen LogP contribution < -0.4 is 4.90 Å². The van der Waals surface area contributed by atoms with Crippen LogP contribution in [0.2, 0.25) is 0 Å². The Morgan fingerprint density at radius 1 is 1.50 bits per heavy atom. The summed E-state index contributed by atoms with van der Waals surface area (Å²) in [7, 11) is 0. The van der Waals surface area contributed by atoms with E-state index in [0.717, 1.165) is 30.7 Å². The van der Waals surface area contributed by atoms with Gasteiger partial charge in [-0.1, -0.05) is 18.7 Å². The first-order chi connectivity index (χ1) is 11.7. The quantitative estimate of drug-likeness (QED) is 0.470. The molecule has 6 heteroatoms. The molecule has 0 radical (unpaired) electrons. The Morgan fingerprint density at radius 2 is 2.25 bits per heavy atom. The highest BCUT2D eigenvalue weighted by Gasteiger charge is 2.17. The van der Waals surface area contributed by atoms with Crippen molar-refractivity contribution in [2.45, 2.75) is 13.5 Å². The molecule has 1 aliphatic rings. The Morgan fingerprint density at radius 3 is 2.88 bits per heavy atom. The van der Waals surface area contributed by atoms with Crippen LogP contribution in [0.15, 0.2) is 54.7 Å². The van der Waals surface area contributed by atoms with Crippen LogP contribution in [0, 0.1) is 0 Å². The number of ketones is 1. The molecule has 0 saturated carbocycles. The maximum atomic E-state index is 11.6. The molecular formula is C18H22N2O4. The van der Waals surface area contributed by atoms with Crippen molar-refractivity contribution in [2.24, 2.45) is 0 Å². The molecule has 2 rings (SSSR count). The van der Waals surface area contributed by atoms with Crippen molar-refractivity contribution < 1.29 is 19.4 Å². The average molecular weight is 330 g/mol. The van der Waals surface area contributed by atoms with E-state index in [1.807, 2.05) is 12.1 Å². The summed E-state index contributed by atoms with van der Waals surface area (Å²) in [4.78, 5) is 18.2. The topological polar surface area (TPSA) is 71.9 Å². The number of Topliss-reactive ketones (excluding diaryl/α,β-unsaturated/α-hetero) is 1. The molecule has 6 nitrogen and oxygen atoms in total. The molecule has 2 heterocycles. The van der Waals surface area contributed by atoms with Gasteiger partial charge in [-0.15, -0.1) is 0 Å². The van der Waals surface area contributed by atoms with Gasteiger partial charge in [0.2, 0.25) is 0 Å². The third-order valence-electron chi connectivity index (χ3n) is 3.60. The van der Waals surface area contributed by atoms with E-state index in [9.17, 15) is 9.90 Å². The van der Waals surface area contributed by atoms with Gasteiger partial charge in [0, 0.05) is 24.8 Å². The zero-order valence-corrected chi connectivity index (χ0v) is 13.8. The van der Waals surface area contributed by atoms with Gasteiger partial charge in [-0.2, -0.15) is 0 Å². The lowest BCUT2D eigenvalue weighted by molar-refractivity contribution is -0.113. The second kappa shape index (κ2) is 8.88. The van der Waals surface area contributed by atoms with Gasteiger partial charge in [0.25, 0.3) is 0 Å². The number of carbonyl (C=O) groups excluding carboxylic acids is 1. The van der Waals surface area contributed by atoms with Crippen molar-refractivity contribution in [2.75, 3.05) is 31.2 Å². The zero-order valence-electron chi connectivity index (χ0n) is 13.8. The van der Waals surface area contributed by atoms with Crippen LogP contribution in [0.3, 0.4) is 0 Å². The molecule has 128 valence electrons. The number of pyridine rings is 1. The van der Waals surface area contributed by atoms with Gasteiger partial charge in [0.05, 0.1) is 25.0 Å². The van der Waals surface area contributed by atoms with Crippen LogP contribution in [0.4, 0.5) is 5.82 Å². The van der Waals surface area contributed by atoms with E-state index < -0.39 is 0 Å². The van der Waals surface area contributed by atoms with Crippen molar-refractivity contribution in [1.82, 2.24) is 4.98 Å². The molecule has 0 atom stereocenters. The number of aliphatic hydroxyl groups is 1. The molecule has 0 spiro atoms. The minimum atomic E-state index is -0.287. The summed E-state index contributed by atoms with van der Waals surface area (Å²) in [5.41, 5.74) is 1.00. The van der Waals surface area contributed by atoms with E-state index in [1.165, 1.54) is 13.0 Å². The number of rotatable bonds is 7. The summed E-state index contributed by atoms with van der Waals surface area (Å²) in [6.45, 7) is 8.08. The Bertz CT molecular complexity index is 646. The van der Waals surface area contributed by atoms with E-state index in [1.54, 1.807) is 12.3 Å². The fourth-order valence-corrected chi connectivity index (χ4v) is 2.41. The fraction of sp³-hybridized carbons (Fsp3) is 0.333. The molecule has 24 heavy (non-hydrogen) atoms. The zero-order chi connectivity index (χ0) is 17.4. The number of allylic oxidation sites excluding steroid dienone is 3. The normalized spacial score (nSPS) is 16.0. The SMILES string of the molecule is C=C/C=C(/OCc1cccnc1N1CCOCC1)C(=CO)C(C)=O. The van der Waals surface area contributed by atoms with Crippen LogP contribution in [-0.4, -0.2) is 42.2 Å². The van der Waals surface area contributed by atoms with E-state index in [4.69, 9.17) is 9.47 Å². The molecule has 0 aromatic carbocycles. The Labute approximate surface area is 141 Å². The molecule has 1 aromatic heterocycles. The van der Waals surface area contributed by atoms with E-state index in [2.05, 4.69) is 16.5 Å². The largest absolute Gasteiger partial charge is 0.515 e. The van der Waals surface area contributed by atoms with Crippen molar-refractivity contribution in [1.29, 1.82) is 0 Å². The van der Waals surface area contributed by atoms with Crippen molar-refractivity contribution in [3.63, 3.8) is 0 Å². The van der Waals surface area contributed by atoms with E-state index >= 15 is 0 Å². The minimum Gasteiger partial charge on any atom is -0.515 e. The van der Waals surface area contributed by atoms with Crippen LogP contribution in [-0.2, 0) is 20.9 Å². The molecule has 1 saturated heterocycles. The van der Waals surface area contributed by atoms with Gasteiger partial charge in [-0.25, -0.2) is 4.98 Å². The second-order valence-corrected chi connectivity index (χ2v) is 5.24. The minimum absolute atomic E-state index is 0.103. The number of hydrogen-bond donors (Lipinski definition) is 1. The molecule has 1 aromatic rings. The predicted molar refractivity (Wildman–Crippen MR) is 91.7 cm³/mol. The van der Waals surface area contributed by atoms with Gasteiger partial charge >= 0.3 is 0 Å². The summed E-state index contributed by atoms with van der Waals surface area (Å²) < 4.78 is 11.1. The van der Waals surface area contributed by atoms with Crippen molar-refractivity contribution >= 4 is 11.6 Å². The number of aromatic nitrogens is 1.